The minimum absolute atomic E-state index is 0.221. The number of amides is 1. The molecular weight excluding hydrogens is 328 g/mol. The number of carbonyl (C=O) groups excluding carboxylic acids is 1. The van der Waals surface area contributed by atoms with Crippen LogP contribution >= 0.6 is 0 Å². The van der Waals surface area contributed by atoms with E-state index in [-0.39, 0.29) is 5.91 Å². The first kappa shape index (κ1) is 17.2. The minimum atomic E-state index is -0.221. The molecule has 1 aromatic heterocycles. The second kappa shape index (κ2) is 7.10. The molecule has 6 N–H and O–H groups in total. The number of rotatable bonds is 4. The van der Waals surface area contributed by atoms with Crippen LogP contribution in [0.4, 0.5) is 11.4 Å². The molecule has 0 aliphatic heterocycles. The molecule has 0 aliphatic carbocycles. The summed E-state index contributed by atoms with van der Waals surface area (Å²) >= 11 is 0. The van der Waals surface area contributed by atoms with Gasteiger partial charge < -0.3 is 21.8 Å². The van der Waals surface area contributed by atoms with E-state index in [0.29, 0.717) is 22.9 Å². The lowest BCUT2D eigenvalue weighted by atomic mass is 10.1. The van der Waals surface area contributed by atoms with Gasteiger partial charge in [-0.3, -0.25) is 4.79 Å². The van der Waals surface area contributed by atoms with Crippen molar-refractivity contribution in [1.82, 2.24) is 4.98 Å². The summed E-state index contributed by atoms with van der Waals surface area (Å²) in [4.78, 5) is 15.5. The standard InChI is InChI=1S/C19H20N6O/c1-11(24-25-12(2)20)13-4-7-16(8-5-13)22-19(26)18-9-14-3-6-15(21)10-17(14)23-18/h3-10,23H,21H2,1-2H3,(H2,20,25)(H,22,26)/b24-11-. The molecule has 1 heterocycles. The second-order valence-corrected chi connectivity index (χ2v) is 5.99. The van der Waals surface area contributed by atoms with Crippen LogP contribution in [0.2, 0.25) is 0 Å². The van der Waals surface area contributed by atoms with Crippen LogP contribution in [0, 0.1) is 0 Å². The lowest BCUT2D eigenvalue weighted by Crippen LogP contribution is -2.12. The lowest BCUT2D eigenvalue weighted by molar-refractivity contribution is 0.102. The van der Waals surface area contributed by atoms with E-state index < -0.39 is 0 Å². The molecule has 7 heteroatoms. The predicted octanol–water partition coefficient (Wildman–Crippen LogP) is 3.10. The van der Waals surface area contributed by atoms with Crippen molar-refractivity contribution in [3.8, 4) is 0 Å². The molecule has 132 valence electrons. The molecule has 3 rings (SSSR count). The first-order chi connectivity index (χ1) is 12.4. The van der Waals surface area contributed by atoms with Crippen LogP contribution < -0.4 is 16.8 Å². The summed E-state index contributed by atoms with van der Waals surface area (Å²) in [5, 5.41) is 11.7. The number of nitrogens with zero attached hydrogens (tertiary/aromatic N) is 2. The fourth-order valence-corrected chi connectivity index (χ4v) is 2.47. The SMILES string of the molecule is CC(N)=N/N=C(/C)c1ccc(NC(=O)c2cc3ccc(N)cc3[nH]2)cc1. The Kier molecular flexibility index (Phi) is 4.70. The lowest BCUT2D eigenvalue weighted by Gasteiger charge is -2.05. The van der Waals surface area contributed by atoms with Crippen LogP contribution in [0.3, 0.4) is 0 Å². The molecule has 0 unspecified atom stereocenters. The number of nitrogen functional groups attached to an aromatic ring is 1. The van der Waals surface area contributed by atoms with Crippen LogP contribution in [0.5, 0.6) is 0 Å². The Morgan fingerprint density at radius 1 is 1.04 bits per heavy atom. The Morgan fingerprint density at radius 3 is 2.46 bits per heavy atom. The fourth-order valence-electron chi connectivity index (χ4n) is 2.47. The molecule has 0 fully saturated rings. The number of amidine groups is 1. The Labute approximate surface area is 150 Å². The first-order valence-electron chi connectivity index (χ1n) is 8.07. The average molecular weight is 348 g/mol. The van der Waals surface area contributed by atoms with Gasteiger partial charge in [-0.1, -0.05) is 18.2 Å². The topological polar surface area (TPSA) is 122 Å². The van der Waals surface area contributed by atoms with Crippen molar-refractivity contribution in [2.75, 3.05) is 11.1 Å². The summed E-state index contributed by atoms with van der Waals surface area (Å²) < 4.78 is 0. The van der Waals surface area contributed by atoms with Crippen molar-refractivity contribution in [3.63, 3.8) is 0 Å². The molecule has 0 saturated carbocycles. The molecule has 0 radical (unpaired) electrons. The average Bonchev–Trinajstić information content (AvgIpc) is 3.03. The third kappa shape index (κ3) is 3.89. The highest BCUT2D eigenvalue weighted by Crippen LogP contribution is 2.19. The van der Waals surface area contributed by atoms with Crippen molar-refractivity contribution in [3.05, 3.63) is 59.8 Å². The van der Waals surface area contributed by atoms with Gasteiger partial charge in [-0.25, -0.2) is 0 Å². The Morgan fingerprint density at radius 2 is 1.77 bits per heavy atom. The molecule has 0 spiro atoms. The third-order valence-corrected chi connectivity index (χ3v) is 3.81. The maximum absolute atomic E-state index is 12.4. The van der Waals surface area contributed by atoms with Crippen molar-refractivity contribution >= 4 is 39.7 Å². The van der Waals surface area contributed by atoms with Gasteiger partial charge >= 0.3 is 0 Å². The first-order valence-corrected chi connectivity index (χ1v) is 8.07. The molecule has 7 nitrogen and oxygen atoms in total. The highest BCUT2D eigenvalue weighted by atomic mass is 16.1. The van der Waals surface area contributed by atoms with Gasteiger partial charge in [0.2, 0.25) is 0 Å². The number of anilines is 2. The number of H-pyrrole nitrogens is 1. The third-order valence-electron chi connectivity index (χ3n) is 3.81. The highest BCUT2D eigenvalue weighted by molar-refractivity contribution is 6.06. The van der Waals surface area contributed by atoms with E-state index in [1.54, 1.807) is 25.1 Å². The Bertz CT molecular complexity index is 1010. The van der Waals surface area contributed by atoms with Gasteiger partial charge in [0.15, 0.2) is 0 Å². The maximum Gasteiger partial charge on any atom is 0.272 e. The molecule has 0 bridgehead atoms. The summed E-state index contributed by atoms with van der Waals surface area (Å²) in [6.07, 6.45) is 0. The van der Waals surface area contributed by atoms with E-state index >= 15 is 0 Å². The molecule has 3 aromatic rings. The van der Waals surface area contributed by atoms with E-state index in [9.17, 15) is 4.79 Å². The van der Waals surface area contributed by atoms with Crippen LogP contribution in [-0.4, -0.2) is 22.4 Å². The number of fused-ring (bicyclic) bond motifs is 1. The monoisotopic (exact) mass is 348 g/mol. The van der Waals surface area contributed by atoms with Crippen molar-refractivity contribution in [2.45, 2.75) is 13.8 Å². The van der Waals surface area contributed by atoms with Crippen molar-refractivity contribution in [1.29, 1.82) is 0 Å². The second-order valence-electron chi connectivity index (χ2n) is 5.99. The largest absolute Gasteiger partial charge is 0.399 e. The van der Waals surface area contributed by atoms with Crippen LogP contribution in [-0.2, 0) is 0 Å². The number of carbonyl (C=O) groups is 1. The normalized spacial score (nSPS) is 12.4. The molecule has 0 aliphatic rings. The van der Waals surface area contributed by atoms with Crippen LogP contribution in [0.15, 0.2) is 58.7 Å². The summed E-state index contributed by atoms with van der Waals surface area (Å²) in [6, 6.07) is 14.6. The summed E-state index contributed by atoms with van der Waals surface area (Å²) in [7, 11) is 0. The molecule has 0 atom stereocenters. The van der Waals surface area contributed by atoms with E-state index in [1.165, 1.54) is 0 Å². The maximum atomic E-state index is 12.4. The van der Waals surface area contributed by atoms with E-state index in [2.05, 4.69) is 20.5 Å². The van der Waals surface area contributed by atoms with Gasteiger partial charge in [0.1, 0.15) is 11.5 Å². The van der Waals surface area contributed by atoms with Gasteiger partial charge in [0.25, 0.3) is 5.91 Å². The number of benzene rings is 2. The van der Waals surface area contributed by atoms with Gasteiger partial charge in [-0.2, -0.15) is 5.10 Å². The van der Waals surface area contributed by atoms with E-state index in [1.807, 2.05) is 37.3 Å². The summed E-state index contributed by atoms with van der Waals surface area (Å²) in [6.45, 7) is 3.52. The zero-order valence-corrected chi connectivity index (χ0v) is 14.6. The highest BCUT2D eigenvalue weighted by Gasteiger charge is 2.10. The minimum Gasteiger partial charge on any atom is -0.399 e. The number of aromatic amines is 1. The van der Waals surface area contributed by atoms with Crippen LogP contribution in [0.25, 0.3) is 10.9 Å². The van der Waals surface area contributed by atoms with Crippen molar-refractivity contribution < 1.29 is 4.79 Å². The molecule has 2 aromatic carbocycles. The van der Waals surface area contributed by atoms with Gasteiger partial charge in [0.05, 0.1) is 5.71 Å². The van der Waals surface area contributed by atoms with Crippen molar-refractivity contribution in [2.24, 2.45) is 15.9 Å². The smallest absolute Gasteiger partial charge is 0.272 e. The number of aromatic nitrogens is 1. The molecule has 0 saturated heterocycles. The van der Waals surface area contributed by atoms with Gasteiger partial charge in [-0.15, -0.1) is 5.10 Å². The number of nitrogens with one attached hydrogen (secondary N) is 2. The predicted molar refractivity (Wildman–Crippen MR) is 107 cm³/mol. The fraction of sp³-hybridized carbons (Fsp3) is 0.105. The quantitative estimate of drug-likeness (QED) is 0.251. The summed E-state index contributed by atoms with van der Waals surface area (Å²) in [5.74, 6) is 0.176. The zero-order valence-electron chi connectivity index (χ0n) is 14.6. The Balaban J connectivity index is 1.74. The van der Waals surface area contributed by atoms with Crippen LogP contribution in [0.1, 0.15) is 29.9 Å². The van der Waals surface area contributed by atoms with Gasteiger partial charge in [0, 0.05) is 22.3 Å². The summed E-state index contributed by atoms with van der Waals surface area (Å²) in [5.41, 5.74) is 15.5. The Hall–Kier alpha value is -3.61. The van der Waals surface area contributed by atoms with Gasteiger partial charge in [-0.05, 0) is 49.7 Å². The van der Waals surface area contributed by atoms with E-state index in [0.717, 1.165) is 22.2 Å². The molecule has 1 amide bonds. The number of hydrogen-bond donors (Lipinski definition) is 4. The molecular formula is C19H20N6O. The van der Waals surface area contributed by atoms with E-state index in [4.69, 9.17) is 11.5 Å². The number of hydrogen-bond acceptors (Lipinski definition) is 4. The zero-order chi connectivity index (χ0) is 18.7. The number of nitrogens with two attached hydrogens (primary N) is 2. The molecule has 26 heavy (non-hydrogen) atoms.